The molecule has 0 aliphatic heterocycles. The normalized spacial score (nSPS) is 10.3. The van der Waals surface area contributed by atoms with E-state index in [-0.39, 0.29) is 0 Å². The topological polar surface area (TPSA) is 63.6 Å². The largest absolute Gasteiger partial charge is 0.357 e. The van der Waals surface area contributed by atoms with Gasteiger partial charge in [-0.05, 0) is 27.7 Å². The Morgan fingerprint density at radius 2 is 2.40 bits per heavy atom. The number of aromatic nitrogens is 4. The van der Waals surface area contributed by atoms with Crippen molar-refractivity contribution in [2.24, 2.45) is 0 Å². The molecule has 78 valence electrons. The minimum atomic E-state index is 0.588. The first-order valence-electron chi connectivity index (χ1n) is 3.94. The maximum absolute atomic E-state index is 4.30. The van der Waals surface area contributed by atoms with Crippen LogP contribution in [0, 0.1) is 0 Å². The molecule has 0 unspecified atom stereocenters. The smallest absolute Gasteiger partial charge is 0.223 e. The molecule has 2 rings (SSSR count). The fourth-order valence-corrected chi connectivity index (χ4v) is 2.64. The van der Waals surface area contributed by atoms with Gasteiger partial charge in [0.15, 0.2) is 4.34 Å². The quantitative estimate of drug-likeness (QED) is 0.878. The van der Waals surface area contributed by atoms with E-state index in [2.05, 4.69) is 41.4 Å². The second kappa shape index (κ2) is 4.86. The monoisotopic (exact) mass is 303 g/mol. The van der Waals surface area contributed by atoms with Crippen molar-refractivity contribution in [1.82, 2.24) is 20.2 Å². The summed E-state index contributed by atoms with van der Waals surface area (Å²) in [5.41, 5.74) is 1.69. The van der Waals surface area contributed by atoms with Crippen molar-refractivity contribution in [1.29, 1.82) is 0 Å². The summed E-state index contributed by atoms with van der Waals surface area (Å²) >= 11 is 6.32. The Morgan fingerprint density at radius 3 is 3.07 bits per heavy atom. The zero-order valence-electron chi connectivity index (χ0n) is 7.64. The zero-order chi connectivity index (χ0) is 10.7. The molecule has 8 heteroatoms. The van der Waals surface area contributed by atoms with E-state index in [9.17, 15) is 0 Å². The fraction of sp³-hybridized carbons (Fsp3) is 0.143. The van der Waals surface area contributed by atoms with Gasteiger partial charge < -0.3 is 5.32 Å². The summed E-state index contributed by atoms with van der Waals surface area (Å²) in [5.74, 6) is 0.588. The molecule has 0 spiro atoms. The number of halogens is 1. The van der Waals surface area contributed by atoms with Crippen LogP contribution in [0.2, 0.25) is 0 Å². The van der Waals surface area contributed by atoms with Gasteiger partial charge in [0.05, 0.1) is 4.47 Å². The standard InChI is InChI=1S/C7H6BrN5S2/c1-9-6-10-2-4(8)5(12-6)15-7-13-11-3-14-7/h2-3H,1H3,(H,9,10,12). The van der Waals surface area contributed by atoms with E-state index >= 15 is 0 Å². The molecule has 2 aromatic heterocycles. The third-order valence-electron chi connectivity index (χ3n) is 1.46. The molecule has 0 amide bonds. The van der Waals surface area contributed by atoms with Crippen LogP contribution in [0.25, 0.3) is 0 Å². The molecule has 2 heterocycles. The summed E-state index contributed by atoms with van der Waals surface area (Å²) in [4.78, 5) is 8.37. The lowest BCUT2D eigenvalue weighted by atomic mass is 10.7. The van der Waals surface area contributed by atoms with Crippen molar-refractivity contribution < 1.29 is 0 Å². The van der Waals surface area contributed by atoms with Crippen molar-refractivity contribution in [2.45, 2.75) is 9.37 Å². The van der Waals surface area contributed by atoms with Crippen LogP contribution in [0.5, 0.6) is 0 Å². The molecule has 0 aliphatic rings. The first-order chi connectivity index (χ1) is 7.29. The number of nitrogens with one attached hydrogen (secondary N) is 1. The van der Waals surface area contributed by atoms with Gasteiger partial charge in [0.1, 0.15) is 10.5 Å². The average molecular weight is 304 g/mol. The molecule has 15 heavy (non-hydrogen) atoms. The molecule has 1 N–H and O–H groups in total. The predicted molar refractivity (Wildman–Crippen MR) is 63.3 cm³/mol. The highest BCUT2D eigenvalue weighted by Gasteiger charge is 2.08. The van der Waals surface area contributed by atoms with Crippen molar-refractivity contribution in [2.75, 3.05) is 12.4 Å². The van der Waals surface area contributed by atoms with Gasteiger partial charge in [0.25, 0.3) is 0 Å². The van der Waals surface area contributed by atoms with Gasteiger partial charge in [-0.15, -0.1) is 10.2 Å². The summed E-state index contributed by atoms with van der Waals surface area (Å²) in [6.07, 6.45) is 1.71. The third kappa shape index (κ3) is 2.64. The van der Waals surface area contributed by atoms with Crippen molar-refractivity contribution in [3.8, 4) is 0 Å². The molecule has 0 aromatic carbocycles. The predicted octanol–water partition coefficient (Wildman–Crippen LogP) is 2.28. The van der Waals surface area contributed by atoms with E-state index in [4.69, 9.17) is 0 Å². The summed E-state index contributed by atoms with van der Waals surface area (Å²) in [7, 11) is 1.78. The maximum Gasteiger partial charge on any atom is 0.223 e. The third-order valence-corrected chi connectivity index (χ3v) is 4.08. The van der Waals surface area contributed by atoms with Crippen LogP contribution in [0.15, 0.2) is 25.5 Å². The van der Waals surface area contributed by atoms with E-state index in [1.165, 1.54) is 23.1 Å². The summed E-state index contributed by atoms with van der Waals surface area (Å²) in [6.45, 7) is 0. The fourth-order valence-electron chi connectivity index (χ4n) is 0.834. The molecule has 0 atom stereocenters. The molecule has 0 saturated heterocycles. The number of hydrogen-bond donors (Lipinski definition) is 1. The molecule has 0 radical (unpaired) electrons. The molecule has 0 aliphatic carbocycles. The Balaban J connectivity index is 2.27. The van der Waals surface area contributed by atoms with E-state index in [0.717, 1.165) is 13.8 Å². The van der Waals surface area contributed by atoms with Crippen LogP contribution in [-0.4, -0.2) is 27.2 Å². The first-order valence-corrected chi connectivity index (χ1v) is 6.43. The molecule has 5 nitrogen and oxygen atoms in total. The van der Waals surface area contributed by atoms with Gasteiger partial charge in [0, 0.05) is 13.2 Å². The highest BCUT2D eigenvalue weighted by Crippen LogP contribution is 2.32. The second-order valence-corrected chi connectivity index (χ2v) is 5.33. The molecular weight excluding hydrogens is 298 g/mol. The second-order valence-electron chi connectivity index (χ2n) is 2.40. The summed E-state index contributed by atoms with van der Waals surface area (Å²) in [6, 6.07) is 0. The zero-order valence-corrected chi connectivity index (χ0v) is 10.9. The molecular formula is C7H6BrN5S2. The molecule has 0 fully saturated rings. The van der Waals surface area contributed by atoms with Crippen LogP contribution in [0.4, 0.5) is 5.95 Å². The number of rotatable bonds is 3. The van der Waals surface area contributed by atoms with Crippen molar-refractivity contribution in [3.05, 3.63) is 16.2 Å². The Labute approximate surface area is 103 Å². The Bertz CT molecular complexity index is 447. The lowest BCUT2D eigenvalue weighted by Crippen LogP contribution is -1.96. The Morgan fingerprint density at radius 1 is 1.53 bits per heavy atom. The van der Waals surface area contributed by atoms with E-state index < -0.39 is 0 Å². The SMILES string of the molecule is CNc1ncc(Br)c(Sc2nncs2)n1. The van der Waals surface area contributed by atoms with Gasteiger partial charge in [-0.1, -0.05) is 11.3 Å². The van der Waals surface area contributed by atoms with Gasteiger partial charge >= 0.3 is 0 Å². The first kappa shape index (κ1) is 10.8. The lowest BCUT2D eigenvalue weighted by Gasteiger charge is -2.02. The lowest BCUT2D eigenvalue weighted by molar-refractivity contribution is 0.993. The molecule has 0 saturated carbocycles. The van der Waals surface area contributed by atoms with E-state index in [1.54, 1.807) is 18.8 Å². The minimum absolute atomic E-state index is 0.588. The Hall–Kier alpha value is -0.730. The summed E-state index contributed by atoms with van der Waals surface area (Å²) in [5, 5.41) is 11.4. The number of hydrogen-bond acceptors (Lipinski definition) is 7. The van der Waals surface area contributed by atoms with Crippen molar-refractivity contribution in [3.63, 3.8) is 0 Å². The number of anilines is 1. The highest BCUT2D eigenvalue weighted by molar-refractivity contribution is 9.10. The highest BCUT2D eigenvalue weighted by atomic mass is 79.9. The maximum atomic E-state index is 4.30. The van der Waals surface area contributed by atoms with Gasteiger partial charge in [-0.25, -0.2) is 9.97 Å². The van der Waals surface area contributed by atoms with Crippen LogP contribution in [0.1, 0.15) is 0 Å². The van der Waals surface area contributed by atoms with Gasteiger partial charge in [0.2, 0.25) is 5.95 Å². The van der Waals surface area contributed by atoms with Crippen LogP contribution in [0.3, 0.4) is 0 Å². The van der Waals surface area contributed by atoms with Crippen molar-refractivity contribution >= 4 is 45.0 Å². The van der Waals surface area contributed by atoms with Crippen LogP contribution >= 0.6 is 39.0 Å². The van der Waals surface area contributed by atoms with Gasteiger partial charge in [-0.3, -0.25) is 0 Å². The van der Waals surface area contributed by atoms with Crippen LogP contribution < -0.4 is 5.32 Å². The van der Waals surface area contributed by atoms with E-state index in [1.807, 2.05) is 0 Å². The van der Waals surface area contributed by atoms with Gasteiger partial charge in [-0.2, -0.15) is 0 Å². The van der Waals surface area contributed by atoms with Crippen LogP contribution in [-0.2, 0) is 0 Å². The average Bonchev–Trinajstić information content (AvgIpc) is 2.74. The minimum Gasteiger partial charge on any atom is -0.357 e. The van der Waals surface area contributed by atoms with E-state index in [0.29, 0.717) is 5.95 Å². The summed E-state index contributed by atoms with van der Waals surface area (Å²) < 4.78 is 1.71. The molecule has 2 aromatic rings. The Kier molecular flexibility index (Phi) is 3.49. The number of nitrogens with zero attached hydrogens (tertiary/aromatic N) is 4. The molecule has 0 bridgehead atoms.